The van der Waals surface area contributed by atoms with Crippen molar-refractivity contribution in [2.45, 2.75) is 77.8 Å². The molecule has 1 aromatic rings. The zero-order chi connectivity index (χ0) is 24.7. The molecule has 8 nitrogen and oxygen atoms in total. The first kappa shape index (κ1) is 25.8. The van der Waals surface area contributed by atoms with Crippen molar-refractivity contribution in [1.29, 1.82) is 0 Å². The van der Waals surface area contributed by atoms with Crippen LogP contribution < -0.4 is 15.4 Å². The van der Waals surface area contributed by atoms with Crippen LogP contribution >= 0.6 is 0 Å². The SMILES string of the molecule is CCCCOc1ccc(NC(=O)N2CCC3(CC2)C(=O)NC(CC(C)C)C(=O)N3CCC)cc1. The highest BCUT2D eigenvalue weighted by molar-refractivity contribution is 6.00. The molecule has 8 heteroatoms. The maximum absolute atomic E-state index is 13.3. The number of hydrogen-bond donors (Lipinski definition) is 2. The molecule has 2 N–H and O–H groups in total. The maximum Gasteiger partial charge on any atom is 0.321 e. The molecule has 1 atom stereocenters. The van der Waals surface area contributed by atoms with E-state index in [1.54, 1.807) is 9.80 Å². The fourth-order valence-corrected chi connectivity index (χ4v) is 4.80. The molecule has 2 heterocycles. The number of amides is 4. The monoisotopic (exact) mass is 472 g/mol. The molecule has 2 saturated heterocycles. The van der Waals surface area contributed by atoms with Crippen molar-refractivity contribution in [2.75, 3.05) is 31.6 Å². The van der Waals surface area contributed by atoms with E-state index >= 15 is 0 Å². The quantitative estimate of drug-likeness (QED) is 0.531. The first-order chi connectivity index (χ1) is 16.3. The van der Waals surface area contributed by atoms with E-state index in [0.717, 1.165) is 25.0 Å². The summed E-state index contributed by atoms with van der Waals surface area (Å²) < 4.78 is 5.67. The third-order valence-electron chi connectivity index (χ3n) is 6.71. The van der Waals surface area contributed by atoms with Crippen molar-refractivity contribution in [1.82, 2.24) is 15.1 Å². The molecule has 34 heavy (non-hydrogen) atoms. The van der Waals surface area contributed by atoms with Crippen LogP contribution in [0.25, 0.3) is 0 Å². The molecule has 4 amide bonds. The van der Waals surface area contributed by atoms with E-state index in [-0.39, 0.29) is 17.8 Å². The van der Waals surface area contributed by atoms with Crippen LogP contribution in [0.5, 0.6) is 5.75 Å². The van der Waals surface area contributed by atoms with Crippen LogP contribution in [0.4, 0.5) is 10.5 Å². The molecule has 2 fully saturated rings. The number of nitrogens with one attached hydrogen (secondary N) is 2. The molecular formula is C26H40N4O4. The molecule has 0 aliphatic carbocycles. The summed E-state index contributed by atoms with van der Waals surface area (Å²) in [5.74, 6) is 1.03. The van der Waals surface area contributed by atoms with Gasteiger partial charge in [0.25, 0.3) is 0 Å². The summed E-state index contributed by atoms with van der Waals surface area (Å²) in [4.78, 5) is 42.9. The molecule has 0 radical (unpaired) electrons. The van der Waals surface area contributed by atoms with Gasteiger partial charge in [-0.2, -0.15) is 0 Å². The lowest BCUT2D eigenvalue weighted by atomic mass is 9.81. The number of carbonyl (C=O) groups excluding carboxylic acids is 3. The smallest absolute Gasteiger partial charge is 0.321 e. The molecule has 1 spiro atoms. The predicted octanol–water partition coefficient (Wildman–Crippen LogP) is 4.02. The third-order valence-corrected chi connectivity index (χ3v) is 6.71. The van der Waals surface area contributed by atoms with Gasteiger partial charge in [0.05, 0.1) is 6.61 Å². The highest BCUT2D eigenvalue weighted by Gasteiger charge is 2.53. The normalized spacial score (nSPS) is 20.0. The summed E-state index contributed by atoms with van der Waals surface area (Å²) in [7, 11) is 0. The fourth-order valence-electron chi connectivity index (χ4n) is 4.80. The van der Waals surface area contributed by atoms with Crippen molar-refractivity contribution in [3.63, 3.8) is 0 Å². The summed E-state index contributed by atoms with van der Waals surface area (Å²) in [6.07, 6.45) is 4.39. The number of nitrogens with zero attached hydrogens (tertiary/aromatic N) is 2. The zero-order valence-electron chi connectivity index (χ0n) is 21.1. The number of benzene rings is 1. The number of rotatable bonds is 9. The molecule has 1 aromatic carbocycles. The minimum atomic E-state index is -0.866. The van der Waals surface area contributed by atoms with Gasteiger partial charge in [0.15, 0.2) is 0 Å². The highest BCUT2D eigenvalue weighted by atomic mass is 16.5. The summed E-state index contributed by atoms with van der Waals surface area (Å²) in [5.41, 5.74) is -0.169. The maximum atomic E-state index is 13.3. The summed E-state index contributed by atoms with van der Waals surface area (Å²) in [6, 6.07) is 6.71. The second-order valence-corrected chi connectivity index (χ2v) is 9.82. The van der Waals surface area contributed by atoms with Crippen LogP contribution in [0.2, 0.25) is 0 Å². The largest absolute Gasteiger partial charge is 0.494 e. The molecular weight excluding hydrogens is 432 g/mol. The number of carbonyl (C=O) groups is 3. The van der Waals surface area contributed by atoms with Gasteiger partial charge in [0, 0.05) is 25.3 Å². The van der Waals surface area contributed by atoms with E-state index in [1.807, 2.05) is 31.2 Å². The predicted molar refractivity (Wildman–Crippen MR) is 133 cm³/mol. The lowest BCUT2D eigenvalue weighted by Gasteiger charge is -2.51. The van der Waals surface area contributed by atoms with Crippen molar-refractivity contribution >= 4 is 23.5 Å². The second kappa shape index (κ2) is 11.6. The number of piperidine rings is 1. The Morgan fingerprint density at radius 3 is 2.41 bits per heavy atom. The molecule has 0 saturated carbocycles. The second-order valence-electron chi connectivity index (χ2n) is 9.82. The van der Waals surface area contributed by atoms with Crippen LogP contribution in [0, 0.1) is 5.92 Å². The van der Waals surface area contributed by atoms with E-state index in [4.69, 9.17) is 4.74 Å². The summed E-state index contributed by atoms with van der Waals surface area (Å²) >= 11 is 0. The van der Waals surface area contributed by atoms with E-state index < -0.39 is 11.6 Å². The summed E-state index contributed by atoms with van der Waals surface area (Å²) in [5, 5.41) is 5.93. The van der Waals surface area contributed by atoms with E-state index in [2.05, 4.69) is 31.4 Å². The van der Waals surface area contributed by atoms with Gasteiger partial charge >= 0.3 is 6.03 Å². The Morgan fingerprint density at radius 2 is 1.82 bits per heavy atom. The van der Waals surface area contributed by atoms with Crippen molar-refractivity contribution in [2.24, 2.45) is 5.92 Å². The van der Waals surface area contributed by atoms with E-state index in [0.29, 0.717) is 57.1 Å². The lowest BCUT2D eigenvalue weighted by molar-refractivity contribution is -0.161. The zero-order valence-corrected chi connectivity index (χ0v) is 21.1. The Bertz CT molecular complexity index is 847. The minimum Gasteiger partial charge on any atom is -0.494 e. The van der Waals surface area contributed by atoms with Crippen LogP contribution in [0.15, 0.2) is 24.3 Å². The molecule has 1 unspecified atom stereocenters. The van der Waals surface area contributed by atoms with Crippen LogP contribution in [-0.2, 0) is 9.59 Å². The van der Waals surface area contributed by atoms with Crippen molar-refractivity contribution < 1.29 is 19.1 Å². The highest BCUT2D eigenvalue weighted by Crippen LogP contribution is 2.34. The molecule has 2 aliphatic rings. The van der Waals surface area contributed by atoms with Gasteiger partial charge < -0.3 is 25.2 Å². The number of piperazine rings is 1. The Kier molecular flexibility index (Phi) is 8.80. The van der Waals surface area contributed by atoms with Gasteiger partial charge in [-0.15, -0.1) is 0 Å². The number of anilines is 1. The Morgan fingerprint density at radius 1 is 1.15 bits per heavy atom. The Hall–Kier alpha value is -2.77. The number of unbranched alkanes of at least 4 members (excludes halogenated alkanes) is 1. The fraction of sp³-hybridized carbons (Fsp3) is 0.654. The van der Waals surface area contributed by atoms with E-state index in [9.17, 15) is 14.4 Å². The van der Waals surface area contributed by atoms with Gasteiger partial charge in [0.2, 0.25) is 11.8 Å². The van der Waals surface area contributed by atoms with Gasteiger partial charge in [-0.3, -0.25) is 9.59 Å². The average Bonchev–Trinajstić information content (AvgIpc) is 2.82. The number of urea groups is 1. The van der Waals surface area contributed by atoms with Crippen LogP contribution in [0.1, 0.15) is 66.2 Å². The topological polar surface area (TPSA) is 91.0 Å². The Labute approximate surface area is 203 Å². The van der Waals surface area contributed by atoms with Crippen LogP contribution in [0.3, 0.4) is 0 Å². The number of likely N-dealkylation sites (tertiary alicyclic amines) is 1. The molecule has 188 valence electrons. The van der Waals surface area contributed by atoms with Gasteiger partial charge in [-0.05, 0) is 62.3 Å². The number of ether oxygens (including phenoxy) is 1. The minimum absolute atomic E-state index is 0.00861. The van der Waals surface area contributed by atoms with Crippen molar-refractivity contribution in [3.05, 3.63) is 24.3 Å². The lowest BCUT2D eigenvalue weighted by Crippen LogP contribution is -2.73. The Balaban J connectivity index is 1.61. The van der Waals surface area contributed by atoms with Gasteiger partial charge in [0.1, 0.15) is 17.3 Å². The molecule has 2 aliphatic heterocycles. The average molecular weight is 473 g/mol. The molecule has 0 aromatic heterocycles. The summed E-state index contributed by atoms with van der Waals surface area (Å²) in [6.45, 7) is 10.3. The first-order valence-corrected chi connectivity index (χ1v) is 12.7. The van der Waals surface area contributed by atoms with Crippen molar-refractivity contribution in [3.8, 4) is 5.75 Å². The first-order valence-electron chi connectivity index (χ1n) is 12.7. The standard InChI is InChI=1S/C26H40N4O4/c1-5-7-17-34-21-10-8-20(9-11-21)27-25(33)29-15-12-26(13-16-29)24(32)28-22(18-19(3)4)23(31)30(26)14-6-2/h8-11,19,22H,5-7,12-18H2,1-4H3,(H,27,33)(H,28,32). The number of hydrogen-bond acceptors (Lipinski definition) is 4. The van der Waals surface area contributed by atoms with Crippen LogP contribution in [-0.4, -0.2) is 65.5 Å². The third kappa shape index (κ3) is 5.83. The van der Waals surface area contributed by atoms with Gasteiger partial charge in [-0.1, -0.05) is 34.1 Å². The van der Waals surface area contributed by atoms with E-state index in [1.165, 1.54) is 0 Å². The molecule has 0 bridgehead atoms. The molecule has 3 rings (SSSR count). The van der Waals surface area contributed by atoms with Gasteiger partial charge in [-0.25, -0.2) is 4.79 Å².